The van der Waals surface area contributed by atoms with Crippen molar-refractivity contribution in [3.8, 4) is 5.75 Å². The van der Waals surface area contributed by atoms with Crippen LogP contribution in [0.25, 0.3) is 0 Å². The van der Waals surface area contributed by atoms with Gasteiger partial charge in [-0.15, -0.1) is 0 Å². The van der Waals surface area contributed by atoms with Crippen LogP contribution in [0, 0.1) is 0 Å². The molecule has 2 unspecified atom stereocenters. The Balaban J connectivity index is 3.08. The van der Waals surface area contributed by atoms with Crippen LogP contribution in [0.2, 0.25) is 0 Å². The highest BCUT2D eigenvalue weighted by molar-refractivity contribution is 9.13. The van der Waals surface area contributed by atoms with Crippen LogP contribution < -0.4 is 4.52 Å². The van der Waals surface area contributed by atoms with Crippen LogP contribution in [0.3, 0.4) is 0 Å². The van der Waals surface area contributed by atoms with Crippen LogP contribution in [-0.2, 0) is 4.57 Å². The summed E-state index contributed by atoms with van der Waals surface area (Å²) < 4.78 is 20.2. The van der Waals surface area contributed by atoms with Crippen molar-refractivity contribution in [1.82, 2.24) is 0 Å². The zero-order chi connectivity index (χ0) is 13.2. The number of rotatable bonds is 4. The number of alkyl halides is 2. The minimum Gasteiger partial charge on any atom is -0.440 e. The van der Waals surface area contributed by atoms with Gasteiger partial charge < -0.3 is 4.52 Å². The van der Waals surface area contributed by atoms with E-state index in [0.29, 0.717) is 11.1 Å². The maximum Gasteiger partial charge on any atom is 0.259 e. The predicted molar refractivity (Wildman–Crippen MR) is 90.2 cm³/mol. The first kappa shape index (κ1) is 16.7. The van der Waals surface area contributed by atoms with Crippen LogP contribution in [0.4, 0.5) is 0 Å². The second-order valence-electron chi connectivity index (χ2n) is 3.29. The average molecular weight is 579 g/mol. The van der Waals surface area contributed by atoms with Gasteiger partial charge in [0.25, 0.3) is 7.37 Å². The van der Waals surface area contributed by atoms with Crippen molar-refractivity contribution in [3.63, 3.8) is 0 Å². The quantitative estimate of drug-likeness (QED) is 0.306. The second-order valence-corrected chi connectivity index (χ2v) is 11.0. The van der Waals surface area contributed by atoms with Crippen molar-refractivity contribution >= 4 is 87.0 Å². The Bertz CT molecular complexity index is 442. The Morgan fingerprint density at radius 3 is 2.18 bits per heavy atom. The predicted octanol–water partition coefficient (Wildman–Crippen LogP) is 6.38. The highest BCUT2D eigenvalue weighted by Crippen LogP contribution is 2.54. The van der Waals surface area contributed by atoms with Gasteiger partial charge in [0.05, 0.1) is 8.95 Å². The average Bonchev–Trinajstić information content (AvgIpc) is 2.22. The van der Waals surface area contributed by atoms with Crippen molar-refractivity contribution in [1.29, 1.82) is 0 Å². The summed E-state index contributed by atoms with van der Waals surface area (Å²) >= 11 is 16.8. The van der Waals surface area contributed by atoms with Gasteiger partial charge in [0.2, 0.25) is 0 Å². The summed E-state index contributed by atoms with van der Waals surface area (Å²) in [5, 5.41) is 0.562. The third-order valence-corrected chi connectivity index (χ3v) is 9.83. The molecule has 0 radical (unpaired) electrons. The molecule has 2 nitrogen and oxygen atoms in total. The molecule has 0 heterocycles. The molecule has 17 heavy (non-hydrogen) atoms. The van der Waals surface area contributed by atoms with E-state index in [-0.39, 0.29) is 4.57 Å². The van der Waals surface area contributed by atoms with Gasteiger partial charge in [0.15, 0.2) is 5.75 Å². The normalized spacial score (nSPS) is 16.4. The Morgan fingerprint density at radius 1 is 1.29 bits per heavy atom. The van der Waals surface area contributed by atoms with Crippen LogP contribution in [0.5, 0.6) is 5.75 Å². The minimum absolute atomic E-state index is 0.225. The molecule has 0 N–H and O–H groups in total. The van der Waals surface area contributed by atoms with Gasteiger partial charge in [0.1, 0.15) is 4.57 Å². The zero-order valence-corrected chi connectivity index (χ0v) is 17.4. The van der Waals surface area contributed by atoms with Gasteiger partial charge in [0, 0.05) is 16.5 Å². The van der Waals surface area contributed by atoms with E-state index in [0.717, 1.165) is 13.4 Å². The third-order valence-electron chi connectivity index (χ3n) is 1.87. The third kappa shape index (κ3) is 4.60. The molecule has 8 heteroatoms. The zero-order valence-electron chi connectivity index (χ0n) is 8.59. The molecule has 1 rings (SSSR count). The smallest absolute Gasteiger partial charge is 0.259 e. The molecule has 1 aromatic carbocycles. The van der Waals surface area contributed by atoms with Crippen molar-refractivity contribution in [2.24, 2.45) is 0 Å². The molecule has 0 saturated carbocycles. The fourth-order valence-electron chi connectivity index (χ4n) is 0.980. The fraction of sp³-hybridized carbons (Fsp3) is 0.333. The molecule has 2 atom stereocenters. The first-order valence-electron chi connectivity index (χ1n) is 4.39. The molecule has 0 bridgehead atoms. The molecule has 0 aliphatic heterocycles. The highest BCUT2D eigenvalue weighted by atomic mass is 79.9. The Kier molecular flexibility index (Phi) is 6.77. The van der Waals surface area contributed by atoms with Crippen LogP contribution in [0.1, 0.15) is 0 Å². The summed E-state index contributed by atoms with van der Waals surface area (Å²) in [6, 6.07) is 3.69. The van der Waals surface area contributed by atoms with Gasteiger partial charge in [-0.1, -0.05) is 47.8 Å². The van der Waals surface area contributed by atoms with Gasteiger partial charge in [-0.3, -0.25) is 4.57 Å². The molecule has 0 aliphatic carbocycles. The first-order valence-corrected chi connectivity index (χ1v) is 10.9. The van der Waals surface area contributed by atoms with Crippen LogP contribution >= 0.6 is 87.0 Å². The maximum absolute atomic E-state index is 12.4. The van der Waals surface area contributed by atoms with E-state index in [9.17, 15) is 4.57 Å². The molecule has 0 aliphatic rings. The van der Waals surface area contributed by atoms with E-state index >= 15 is 0 Å². The lowest BCUT2D eigenvalue weighted by atomic mass is 10.3. The van der Waals surface area contributed by atoms with E-state index < -0.39 is 7.37 Å². The number of benzene rings is 1. The minimum atomic E-state index is -2.78. The number of hydrogen-bond donors (Lipinski definition) is 0. The number of halogens is 5. The molecular formula is C9H8Br5O2P. The molecule has 0 amide bonds. The van der Waals surface area contributed by atoms with Crippen LogP contribution in [0.15, 0.2) is 25.6 Å². The molecule has 1 aromatic rings. The standard InChI is InChI=1S/C9H8Br5O2P/c1-17(15,8(14)4-10)16-9-6(12)2-5(11)3-7(9)13/h2-3,8H,4H2,1H3. The summed E-state index contributed by atoms with van der Waals surface area (Å²) in [4.78, 5) is 0. The largest absolute Gasteiger partial charge is 0.440 e. The molecule has 0 spiro atoms. The topological polar surface area (TPSA) is 26.3 Å². The Hall–Kier alpha value is 1.65. The summed E-state index contributed by atoms with van der Waals surface area (Å²) in [5.74, 6) is 0.546. The van der Waals surface area contributed by atoms with Gasteiger partial charge >= 0.3 is 0 Å². The molecule has 96 valence electrons. The van der Waals surface area contributed by atoms with E-state index in [2.05, 4.69) is 79.6 Å². The van der Waals surface area contributed by atoms with E-state index in [1.165, 1.54) is 0 Å². The van der Waals surface area contributed by atoms with Gasteiger partial charge in [-0.25, -0.2) is 0 Å². The summed E-state index contributed by atoms with van der Waals surface area (Å²) in [6.45, 7) is 1.61. The van der Waals surface area contributed by atoms with Crippen molar-refractivity contribution in [2.75, 3.05) is 12.0 Å². The van der Waals surface area contributed by atoms with Gasteiger partial charge in [-0.05, 0) is 44.0 Å². The lowest BCUT2D eigenvalue weighted by Crippen LogP contribution is -2.06. The Morgan fingerprint density at radius 2 is 1.76 bits per heavy atom. The summed E-state index contributed by atoms with van der Waals surface area (Å²) in [7, 11) is -2.78. The fourth-order valence-corrected chi connectivity index (χ4v) is 6.40. The SMILES string of the molecule is CP(=O)(Oc1c(Br)cc(Br)cc1Br)C(Br)CBr. The van der Waals surface area contributed by atoms with Crippen molar-refractivity contribution in [2.45, 2.75) is 4.57 Å². The molecular weight excluding hydrogens is 571 g/mol. The van der Waals surface area contributed by atoms with E-state index in [1.807, 2.05) is 12.1 Å². The highest BCUT2D eigenvalue weighted by Gasteiger charge is 2.29. The number of hydrogen-bond acceptors (Lipinski definition) is 2. The van der Waals surface area contributed by atoms with Crippen molar-refractivity contribution in [3.05, 3.63) is 25.6 Å². The Labute approximate surface area is 142 Å². The van der Waals surface area contributed by atoms with E-state index in [4.69, 9.17) is 4.52 Å². The first-order chi connectivity index (χ1) is 7.77. The van der Waals surface area contributed by atoms with Crippen LogP contribution in [-0.4, -0.2) is 16.6 Å². The lowest BCUT2D eigenvalue weighted by molar-refractivity contribution is 0.484. The lowest BCUT2D eigenvalue weighted by Gasteiger charge is -2.20. The molecule has 0 saturated heterocycles. The monoisotopic (exact) mass is 574 g/mol. The van der Waals surface area contributed by atoms with Crippen molar-refractivity contribution < 1.29 is 9.09 Å². The second kappa shape index (κ2) is 6.89. The molecule has 0 aromatic heterocycles. The van der Waals surface area contributed by atoms with Gasteiger partial charge in [-0.2, -0.15) is 0 Å². The maximum atomic E-state index is 12.4. The summed E-state index contributed by atoms with van der Waals surface area (Å²) in [6.07, 6.45) is 0. The summed E-state index contributed by atoms with van der Waals surface area (Å²) in [5.41, 5.74) is 0. The van der Waals surface area contributed by atoms with E-state index in [1.54, 1.807) is 6.66 Å². The molecule has 0 fully saturated rings.